The molecule has 202 valence electrons. The maximum atomic E-state index is 13.4. The van der Waals surface area contributed by atoms with E-state index in [4.69, 9.17) is 4.74 Å². The van der Waals surface area contributed by atoms with E-state index in [0.717, 1.165) is 19.3 Å². The van der Waals surface area contributed by atoms with Gasteiger partial charge < -0.3 is 20.3 Å². The lowest BCUT2D eigenvalue weighted by Crippen LogP contribution is -2.56. The average molecular weight is 519 g/mol. The van der Waals surface area contributed by atoms with E-state index in [-0.39, 0.29) is 24.8 Å². The van der Waals surface area contributed by atoms with E-state index in [0.29, 0.717) is 36.3 Å². The number of carbonyl (C=O) groups is 3. The zero-order valence-corrected chi connectivity index (χ0v) is 22.8. The van der Waals surface area contributed by atoms with Crippen LogP contribution in [-0.2, 0) is 16.0 Å². The van der Waals surface area contributed by atoms with Crippen LogP contribution >= 0.6 is 0 Å². The Kier molecular flexibility index (Phi) is 10.4. The first-order valence-corrected chi connectivity index (χ1v) is 13.1. The summed E-state index contributed by atoms with van der Waals surface area (Å²) in [5, 5.41) is 6.04. The number of nitrogens with zero attached hydrogens (tertiary/aromatic N) is 2. The first kappa shape index (κ1) is 28.9. The second-order valence-corrected chi connectivity index (χ2v) is 10.4. The van der Waals surface area contributed by atoms with Gasteiger partial charge in [0.1, 0.15) is 5.60 Å². The summed E-state index contributed by atoms with van der Waals surface area (Å²) in [4.78, 5) is 44.0. The minimum atomic E-state index is -0.607. The molecule has 8 heteroatoms. The number of pyridine rings is 1. The lowest BCUT2D eigenvalue weighted by Gasteiger charge is -2.34. The van der Waals surface area contributed by atoms with Gasteiger partial charge in [0.05, 0.1) is 23.8 Å². The number of Topliss-reactive ketones (excluding diaryl/α,β-unsaturated/α-hetero) is 1. The van der Waals surface area contributed by atoms with Gasteiger partial charge in [0.15, 0.2) is 5.78 Å². The third kappa shape index (κ3) is 9.00. The number of nitrogens with one attached hydrogen (secondary N) is 2. The van der Waals surface area contributed by atoms with Crippen LogP contribution in [0.15, 0.2) is 42.6 Å². The molecule has 2 amide bonds. The summed E-state index contributed by atoms with van der Waals surface area (Å²) in [6.45, 7) is 8.59. The van der Waals surface area contributed by atoms with E-state index in [1.807, 2.05) is 39.0 Å². The molecule has 2 N–H and O–H groups in total. The van der Waals surface area contributed by atoms with Crippen LogP contribution in [-0.4, -0.2) is 65.5 Å². The van der Waals surface area contributed by atoms with Gasteiger partial charge in [0.2, 0.25) is 5.91 Å². The molecule has 8 nitrogen and oxygen atoms in total. The van der Waals surface area contributed by atoms with Crippen molar-refractivity contribution in [1.82, 2.24) is 20.5 Å². The zero-order chi connectivity index (χ0) is 27.5. The molecule has 1 saturated heterocycles. The number of rotatable bonds is 8. The van der Waals surface area contributed by atoms with Crippen LogP contribution in [0.25, 0.3) is 0 Å². The molecule has 2 heterocycles. The maximum absolute atomic E-state index is 13.4. The molecule has 1 aromatic heterocycles. The fourth-order valence-electron chi connectivity index (χ4n) is 4.16. The third-order valence-electron chi connectivity index (χ3n) is 6.10. The Morgan fingerprint density at radius 2 is 1.92 bits per heavy atom. The Morgan fingerprint density at radius 3 is 2.66 bits per heavy atom. The highest BCUT2D eigenvalue weighted by molar-refractivity contribution is 6.02. The van der Waals surface area contributed by atoms with Crippen molar-refractivity contribution >= 4 is 17.8 Å². The number of ketones is 1. The second kappa shape index (κ2) is 13.7. The van der Waals surface area contributed by atoms with Crippen molar-refractivity contribution in [1.29, 1.82) is 0 Å². The number of hydrogen-bond donors (Lipinski definition) is 2. The number of carbonyl (C=O) groups excluding carboxylic acids is 3. The first-order valence-electron chi connectivity index (χ1n) is 13.1. The highest BCUT2D eigenvalue weighted by Gasteiger charge is 2.32. The van der Waals surface area contributed by atoms with Crippen LogP contribution in [0.5, 0.6) is 0 Å². The lowest BCUT2D eigenvalue weighted by molar-refractivity contribution is -0.120. The molecule has 1 aromatic carbocycles. The number of ether oxygens (including phenoxy) is 1. The van der Waals surface area contributed by atoms with E-state index in [9.17, 15) is 14.4 Å². The summed E-state index contributed by atoms with van der Waals surface area (Å²) in [6, 6.07) is 11.3. The highest BCUT2D eigenvalue weighted by atomic mass is 16.6. The molecule has 2 aromatic rings. The number of hydrogen-bond acceptors (Lipinski definition) is 6. The van der Waals surface area contributed by atoms with Gasteiger partial charge in [-0.05, 0) is 58.6 Å². The molecule has 1 aliphatic rings. The van der Waals surface area contributed by atoms with Crippen molar-refractivity contribution in [2.75, 3.05) is 26.2 Å². The monoisotopic (exact) mass is 518 g/mol. The van der Waals surface area contributed by atoms with Crippen molar-refractivity contribution in [2.45, 2.75) is 65.0 Å². The van der Waals surface area contributed by atoms with Gasteiger partial charge >= 0.3 is 6.09 Å². The molecule has 1 atom stereocenters. The number of amides is 2. The van der Waals surface area contributed by atoms with Crippen molar-refractivity contribution < 1.29 is 19.1 Å². The second-order valence-electron chi connectivity index (χ2n) is 10.4. The van der Waals surface area contributed by atoms with Gasteiger partial charge in [-0.2, -0.15) is 0 Å². The van der Waals surface area contributed by atoms with E-state index < -0.39 is 17.7 Å². The molecule has 0 aliphatic carbocycles. The summed E-state index contributed by atoms with van der Waals surface area (Å²) >= 11 is 0. The van der Waals surface area contributed by atoms with Crippen molar-refractivity contribution in [2.24, 2.45) is 0 Å². The molecule has 0 radical (unpaired) electrons. The van der Waals surface area contributed by atoms with Crippen LogP contribution < -0.4 is 10.6 Å². The Bertz CT molecular complexity index is 1180. The van der Waals surface area contributed by atoms with E-state index >= 15 is 0 Å². The Hall–Kier alpha value is -3.70. The van der Waals surface area contributed by atoms with Crippen molar-refractivity contribution in [3.05, 3.63) is 65.0 Å². The van der Waals surface area contributed by atoms with Gasteiger partial charge in [-0.15, -0.1) is 0 Å². The number of piperazine rings is 1. The zero-order valence-electron chi connectivity index (χ0n) is 22.8. The van der Waals surface area contributed by atoms with Gasteiger partial charge in [0.25, 0.3) is 0 Å². The van der Waals surface area contributed by atoms with Crippen molar-refractivity contribution in [3.63, 3.8) is 0 Å². The fraction of sp³-hybridized carbons (Fsp3) is 0.467. The first-order chi connectivity index (χ1) is 18.1. The molecule has 0 saturated carbocycles. The SMILES string of the molecule is Cc1nccc(C(=O)C2CN(C(=O)OC(C)(C)C)CCN2)c1C#CCNC(=O)CCCCc1ccccc1. The summed E-state index contributed by atoms with van der Waals surface area (Å²) < 4.78 is 5.47. The molecule has 38 heavy (non-hydrogen) atoms. The van der Waals surface area contributed by atoms with Crippen LogP contribution in [0.1, 0.15) is 67.2 Å². The van der Waals surface area contributed by atoms with Crippen LogP contribution in [0.3, 0.4) is 0 Å². The quantitative estimate of drug-likeness (QED) is 0.314. The minimum Gasteiger partial charge on any atom is -0.444 e. The lowest BCUT2D eigenvalue weighted by atomic mass is 9.97. The van der Waals surface area contributed by atoms with Gasteiger partial charge in [-0.25, -0.2) is 4.79 Å². The summed E-state index contributed by atoms with van der Waals surface area (Å²) in [5.41, 5.74) is 2.28. The normalized spacial score (nSPS) is 15.3. The Morgan fingerprint density at radius 1 is 1.16 bits per heavy atom. The molecule has 1 aliphatic heterocycles. The number of benzene rings is 1. The minimum absolute atomic E-state index is 0.0415. The van der Waals surface area contributed by atoms with E-state index in [1.165, 1.54) is 5.56 Å². The topological polar surface area (TPSA) is 101 Å². The fourth-order valence-corrected chi connectivity index (χ4v) is 4.16. The predicted octanol–water partition coefficient (Wildman–Crippen LogP) is 3.66. The number of aryl methyl sites for hydroxylation is 2. The standard InChI is InChI=1S/C30H38N4O4/c1-22-24(14-10-17-33-27(35)15-9-8-13-23-11-6-5-7-12-23)25(16-18-31-22)28(36)26-21-34(20-19-32-26)29(37)38-30(2,3)4/h5-7,11-12,16,18,26,32H,8-9,13,15,17,19-21H2,1-4H3,(H,33,35). The molecular weight excluding hydrogens is 480 g/mol. The molecule has 3 rings (SSSR count). The molecule has 0 bridgehead atoms. The van der Waals surface area contributed by atoms with Gasteiger partial charge in [-0.3, -0.25) is 14.6 Å². The third-order valence-corrected chi connectivity index (χ3v) is 6.10. The summed E-state index contributed by atoms with van der Waals surface area (Å²) in [7, 11) is 0. The summed E-state index contributed by atoms with van der Waals surface area (Å²) in [6.07, 6.45) is 4.31. The largest absolute Gasteiger partial charge is 0.444 e. The molecule has 0 spiro atoms. The molecule has 1 unspecified atom stereocenters. The molecule has 1 fully saturated rings. The summed E-state index contributed by atoms with van der Waals surface area (Å²) in [5.74, 6) is 5.79. The Balaban J connectivity index is 1.54. The van der Waals surface area contributed by atoms with E-state index in [1.54, 1.807) is 24.1 Å². The van der Waals surface area contributed by atoms with Crippen LogP contribution in [0.4, 0.5) is 4.79 Å². The Labute approximate surface area is 225 Å². The van der Waals surface area contributed by atoms with Crippen LogP contribution in [0.2, 0.25) is 0 Å². The smallest absolute Gasteiger partial charge is 0.410 e. The predicted molar refractivity (Wildman–Crippen MR) is 147 cm³/mol. The maximum Gasteiger partial charge on any atom is 0.410 e. The van der Waals surface area contributed by atoms with Gasteiger partial charge in [-0.1, -0.05) is 42.2 Å². The average Bonchev–Trinajstić information content (AvgIpc) is 2.89. The van der Waals surface area contributed by atoms with Gasteiger partial charge in [0, 0.05) is 37.8 Å². The number of unbranched alkanes of at least 4 members (excludes halogenated alkanes) is 1. The van der Waals surface area contributed by atoms with Crippen molar-refractivity contribution in [3.8, 4) is 11.8 Å². The van der Waals surface area contributed by atoms with Crippen LogP contribution in [0, 0.1) is 18.8 Å². The molecular formula is C30H38N4O4. The van der Waals surface area contributed by atoms with E-state index in [2.05, 4.69) is 39.6 Å². The highest BCUT2D eigenvalue weighted by Crippen LogP contribution is 2.17. The number of aromatic nitrogens is 1.